The number of H-pyrrole nitrogens is 1. The number of hydrogen-bond donors (Lipinski definition) is 2. The number of aromatic nitrogens is 2. The lowest BCUT2D eigenvalue weighted by atomic mass is 9.91. The molecular formula is C17H23N3O3. The summed E-state index contributed by atoms with van der Waals surface area (Å²) in [6.45, 7) is 6.10. The Kier molecular flexibility index (Phi) is 5.36. The monoisotopic (exact) mass is 317 g/mol. The Morgan fingerprint density at radius 1 is 1.30 bits per heavy atom. The summed E-state index contributed by atoms with van der Waals surface area (Å²) in [5.74, 6) is 0.217. The minimum atomic E-state index is -0.488. The van der Waals surface area contributed by atoms with Crippen molar-refractivity contribution in [1.82, 2.24) is 15.3 Å². The molecule has 0 spiro atoms. The van der Waals surface area contributed by atoms with Gasteiger partial charge in [-0.25, -0.2) is 4.98 Å². The van der Waals surface area contributed by atoms with Gasteiger partial charge in [-0.1, -0.05) is 19.1 Å². The molecule has 23 heavy (non-hydrogen) atoms. The molecule has 0 atom stereocenters. The van der Waals surface area contributed by atoms with Crippen LogP contribution in [0, 0.1) is 5.41 Å². The van der Waals surface area contributed by atoms with E-state index in [1.807, 2.05) is 45.0 Å². The highest BCUT2D eigenvalue weighted by Crippen LogP contribution is 2.21. The number of hydrogen-bond acceptors (Lipinski definition) is 4. The molecule has 1 heterocycles. The minimum Gasteiger partial charge on any atom is -0.463 e. The maximum absolute atomic E-state index is 11.9. The third-order valence-electron chi connectivity index (χ3n) is 3.86. The Morgan fingerprint density at radius 3 is 2.74 bits per heavy atom. The molecule has 1 aromatic carbocycles. The number of nitrogens with one attached hydrogen (secondary N) is 2. The van der Waals surface area contributed by atoms with E-state index in [0.29, 0.717) is 18.8 Å². The molecular weight excluding hydrogens is 294 g/mol. The second-order valence-corrected chi connectivity index (χ2v) is 6.10. The summed E-state index contributed by atoms with van der Waals surface area (Å²) < 4.78 is 5.17. The Morgan fingerprint density at radius 2 is 2.04 bits per heavy atom. The van der Waals surface area contributed by atoms with E-state index in [0.717, 1.165) is 11.0 Å². The van der Waals surface area contributed by atoms with E-state index < -0.39 is 5.41 Å². The van der Waals surface area contributed by atoms with Crippen LogP contribution in [0.2, 0.25) is 0 Å². The largest absolute Gasteiger partial charge is 0.463 e. The van der Waals surface area contributed by atoms with Crippen LogP contribution in [0.25, 0.3) is 11.0 Å². The van der Waals surface area contributed by atoms with Crippen LogP contribution in [-0.2, 0) is 20.7 Å². The van der Waals surface area contributed by atoms with Crippen molar-refractivity contribution in [3.63, 3.8) is 0 Å². The van der Waals surface area contributed by atoms with Gasteiger partial charge < -0.3 is 15.0 Å². The molecule has 1 amide bonds. The Hall–Kier alpha value is -2.37. The predicted octanol–water partition coefficient (Wildman–Crippen LogP) is 2.20. The summed E-state index contributed by atoms with van der Waals surface area (Å²) >= 11 is 0. The molecule has 1 aromatic heterocycles. The van der Waals surface area contributed by atoms with Crippen molar-refractivity contribution >= 4 is 22.9 Å². The average Bonchev–Trinajstić information content (AvgIpc) is 2.93. The fraction of sp³-hybridized carbons (Fsp3) is 0.471. The van der Waals surface area contributed by atoms with Crippen LogP contribution in [0.1, 0.15) is 33.0 Å². The highest BCUT2D eigenvalue weighted by molar-refractivity contribution is 5.80. The zero-order valence-electron chi connectivity index (χ0n) is 13.8. The summed E-state index contributed by atoms with van der Waals surface area (Å²) in [7, 11) is 0. The molecule has 2 aromatic rings. The van der Waals surface area contributed by atoms with E-state index in [9.17, 15) is 9.59 Å². The van der Waals surface area contributed by atoms with Crippen LogP contribution in [0.15, 0.2) is 24.3 Å². The SMILES string of the molecule is CCC(C)(C)C(=O)OCCNC(=O)Cc1nc2ccccc2[nH]1. The van der Waals surface area contributed by atoms with Crippen LogP contribution in [0.3, 0.4) is 0 Å². The molecule has 0 aliphatic carbocycles. The number of carbonyl (C=O) groups excluding carboxylic acids is 2. The second kappa shape index (κ2) is 7.26. The second-order valence-electron chi connectivity index (χ2n) is 6.10. The smallest absolute Gasteiger partial charge is 0.311 e. The van der Waals surface area contributed by atoms with Gasteiger partial charge in [0.1, 0.15) is 12.4 Å². The summed E-state index contributed by atoms with van der Waals surface area (Å²) in [6.07, 6.45) is 0.882. The summed E-state index contributed by atoms with van der Waals surface area (Å²) in [5.41, 5.74) is 1.26. The number of ether oxygens (including phenoxy) is 1. The number of esters is 1. The topological polar surface area (TPSA) is 84.1 Å². The number of aromatic amines is 1. The first-order valence-corrected chi connectivity index (χ1v) is 7.80. The number of amides is 1. The van der Waals surface area contributed by atoms with E-state index in [1.54, 1.807) is 0 Å². The van der Waals surface area contributed by atoms with Gasteiger partial charge in [0.25, 0.3) is 0 Å². The number of carbonyl (C=O) groups is 2. The molecule has 6 nitrogen and oxygen atoms in total. The Balaban J connectivity index is 1.74. The predicted molar refractivity (Wildman–Crippen MR) is 87.8 cm³/mol. The molecule has 0 unspecified atom stereocenters. The van der Waals surface area contributed by atoms with Crippen molar-refractivity contribution in [3.05, 3.63) is 30.1 Å². The summed E-state index contributed by atoms with van der Waals surface area (Å²) in [4.78, 5) is 31.1. The van der Waals surface area contributed by atoms with E-state index in [1.165, 1.54) is 0 Å². The molecule has 0 aliphatic rings. The van der Waals surface area contributed by atoms with Gasteiger partial charge in [-0.2, -0.15) is 0 Å². The number of nitrogens with zero attached hydrogens (tertiary/aromatic N) is 1. The van der Waals surface area contributed by atoms with Crippen LogP contribution in [0.4, 0.5) is 0 Å². The first kappa shape index (κ1) is 17.0. The fourth-order valence-electron chi connectivity index (χ4n) is 1.98. The molecule has 0 saturated carbocycles. The maximum Gasteiger partial charge on any atom is 0.311 e. The third kappa shape index (κ3) is 4.55. The van der Waals surface area contributed by atoms with Crippen LogP contribution >= 0.6 is 0 Å². The Bertz CT molecular complexity index is 658. The zero-order valence-corrected chi connectivity index (χ0v) is 13.8. The lowest BCUT2D eigenvalue weighted by Crippen LogP contribution is -2.32. The van der Waals surface area contributed by atoms with Gasteiger partial charge in [0.15, 0.2) is 0 Å². The highest BCUT2D eigenvalue weighted by atomic mass is 16.5. The van der Waals surface area contributed by atoms with Gasteiger partial charge >= 0.3 is 5.97 Å². The molecule has 0 radical (unpaired) electrons. The van der Waals surface area contributed by atoms with Gasteiger partial charge in [0, 0.05) is 0 Å². The van der Waals surface area contributed by atoms with E-state index in [2.05, 4.69) is 15.3 Å². The molecule has 6 heteroatoms. The van der Waals surface area contributed by atoms with Crippen LogP contribution < -0.4 is 5.32 Å². The average molecular weight is 317 g/mol. The number of rotatable bonds is 7. The normalized spacial score (nSPS) is 11.4. The van der Waals surface area contributed by atoms with Crippen molar-refractivity contribution in [2.75, 3.05) is 13.2 Å². The zero-order chi connectivity index (χ0) is 16.9. The molecule has 0 bridgehead atoms. The van der Waals surface area contributed by atoms with Crippen LogP contribution in [0.5, 0.6) is 0 Å². The van der Waals surface area contributed by atoms with Gasteiger partial charge in [-0.05, 0) is 32.4 Å². The highest BCUT2D eigenvalue weighted by Gasteiger charge is 2.26. The molecule has 2 rings (SSSR count). The fourth-order valence-corrected chi connectivity index (χ4v) is 1.98. The first-order chi connectivity index (χ1) is 10.9. The molecule has 124 valence electrons. The van der Waals surface area contributed by atoms with E-state index in [-0.39, 0.29) is 24.9 Å². The minimum absolute atomic E-state index is 0.158. The van der Waals surface area contributed by atoms with Gasteiger partial charge in [-0.15, -0.1) is 0 Å². The van der Waals surface area contributed by atoms with Crippen molar-refractivity contribution in [2.24, 2.45) is 5.41 Å². The van der Waals surface area contributed by atoms with Crippen molar-refractivity contribution in [3.8, 4) is 0 Å². The van der Waals surface area contributed by atoms with Crippen molar-refractivity contribution in [2.45, 2.75) is 33.6 Å². The first-order valence-electron chi connectivity index (χ1n) is 7.80. The Labute approximate surface area is 135 Å². The molecule has 0 fully saturated rings. The summed E-state index contributed by atoms with van der Waals surface area (Å²) in [5, 5.41) is 2.72. The number of imidazole rings is 1. The number of fused-ring (bicyclic) bond motifs is 1. The van der Waals surface area contributed by atoms with Gasteiger partial charge in [-0.3, -0.25) is 9.59 Å². The third-order valence-corrected chi connectivity index (χ3v) is 3.86. The standard InChI is InChI=1S/C17H23N3O3/c1-4-17(2,3)16(22)23-10-9-18-15(21)11-14-19-12-7-5-6-8-13(12)20-14/h5-8H,4,9-11H2,1-3H3,(H,18,21)(H,19,20). The van der Waals surface area contributed by atoms with Crippen molar-refractivity contribution in [1.29, 1.82) is 0 Å². The quantitative estimate of drug-likeness (QED) is 0.606. The molecule has 0 aliphatic heterocycles. The lowest BCUT2D eigenvalue weighted by Gasteiger charge is -2.20. The van der Waals surface area contributed by atoms with Gasteiger partial charge in [0.2, 0.25) is 5.91 Å². The van der Waals surface area contributed by atoms with Crippen LogP contribution in [-0.4, -0.2) is 35.0 Å². The molecule has 0 saturated heterocycles. The maximum atomic E-state index is 11.9. The van der Waals surface area contributed by atoms with Crippen molar-refractivity contribution < 1.29 is 14.3 Å². The van der Waals surface area contributed by atoms with E-state index in [4.69, 9.17) is 4.74 Å². The molecule has 2 N–H and O–H groups in total. The number of para-hydroxylation sites is 2. The number of benzene rings is 1. The summed E-state index contributed by atoms with van der Waals surface area (Å²) in [6, 6.07) is 7.62. The van der Waals surface area contributed by atoms with Gasteiger partial charge in [0.05, 0.1) is 29.4 Å². The van der Waals surface area contributed by atoms with E-state index >= 15 is 0 Å². The lowest BCUT2D eigenvalue weighted by molar-refractivity contribution is -0.154.